The van der Waals surface area contributed by atoms with Crippen LogP contribution in [0.3, 0.4) is 0 Å². The Kier molecular flexibility index (Phi) is 9.11. The van der Waals surface area contributed by atoms with Crippen molar-refractivity contribution in [3.05, 3.63) is 29.8 Å². The summed E-state index contributed by atoms with van der Waals surface area (Å²) < 4.78 is 19.4. The first-order chi connectivity index (χ1) is 11.6. The molecule has 0 bridgehead atoms. The molecule has 24 heavy (non-hydrogen) atoms. The Labute approximate surface area is 142 Å². The predicted molar refractivity (Wildman–Crippen MR) is 89.3 cm³/mol. The van der Waals surface area contributed by atoms with Gasteiger partial charge in [0.15, 0.2) is 0 Å². The molecule has 0 aliphatic heterocycles. The fourth-order valence-electron chi connectivity index (χ4n) is 1.99. The third-order valence-corrected chi connectivity index (χ3v) is 3.05. The van der Waals surface area contributed by atoms with Gasteiger partial charge >= 0.3 is 12.3 Å². The Balaban J connectivity index is 2.56. The Morgan fingerprint density at radius 2 is 1.46 bits per heavy atom. The summed E-state index contributed by atoms with van der Waals surface area (Å²) in [6.45, 7) is 7.22. The van der Waals surface area contributed by atoms with Crippen molar-refractivity contribution in [2.45, 2.75) is 20.8 Å². The number of carbonyl (C=O) groups is 2. The van der Waals surface area contributed by atoms with Crippen LogP contribution in [-0.4, -0.2) is 51.8 Å². The molecular formula is C17H25NO6. The zero-order valence-electron chi connectivity index (χ0n) is 14.4. The summed E-state index contributed by atoms with van der Waals surface area (Å²) in [6.07, 6.45) is -1.38. The molecule has 0 radical (unpaired) electrons. The molecule has 7 nitrogen and oxygen atoms in total. The maximum absolute atomic E-state index is 11.2. The van der Waals surface area contributed by atoms with E-state index in [1.807, 2.05) is 36.1 Å². The zero-order valence-corrected chi connectivity index (χ0v) is 14.4. The van der Waals surface area contributed by atoms with Crippen LogP contribution in [0.15, 0.2) is 24.3 Å². The van der Waals surface area contributed by atoms with Crippen LogP contribution in [0.25, 0.3) is 0 Å². The molecule has 0 saturated carbocycles. The van der Waals surface area contributed by atoms with Crippen LogP contribution in [0.4, 0.5) is 15.3 Å². The lowest BCUT2D eigenvalue weighted by Crippen LogP contribution is -2.32. The van der Waals surface area contributed by atoms with E-state index in [-0.39, 0.29) is 26.4 Å². The Morgan fingerprint density at radius 1 is 0.917 bits per heavy atom. The fraction of sp³-hybridized carbons (Fsp3) is 0.529. The summed E-state index contributed by atoms with van der Waals surface area (Å²) >= 11 is 0. The number of nitrogens with zero attached hydrogens (tertiary/aromatic N) is 1. The molecule has 0 heterocycles. The molecule has 1 aromatic carbocycles. The Bertz CT molecular complexity index is 496. The van der Waals surface area contributed by atoms with Crippen LogP contribution in [0.1, 0.15) is 19.4 Å². The van der Waals surface area contributed by atoms with E-state index in [2.05, 4.69) is 0 Å². The first-order valence-corrected chi connectivity index (χ1v) is 7.97. The Morgan fingerprint density at radius 3 is 1.92 bits per heavy atom. The van der Waals surface area contributed by atoms with Crippen LogP contribution < -0.4 is 4.90 Å². The standard InChI is InChI=1S/C17H25NO6/c1-4-21-16(19)23-11-9-18(10-12-24-17(20)22-5-2)15-8-6-7-14(3)13-15/h6-8,13H,4-5,9-12H2,1-3H3. The number of ether oxygens (including phenoxy) is 4. The van der Waals surface area contributed by atoms with Gasteiger partial charge in [0, 0.05) is 5.69 Å². The first-order valence-electron chi connectivity index (χ1n) is 7.97. The molecule has 0 aromatic heterocycles. The minimum atomic E-state index is -0.690. The minimum Gasteiger partial charge on any atom is -0.435 e. The number of anilines is 1. The van der Waals surface area contributed by atoms with Crippen LogP contribution in [-0.2, 0) is 18.9 Å². The van der Waals surface area contributed by atoms with Gasteiger partial charge < -0.3 is 23.8 Å². The van der Waals surface area contributed by atoms with Gasteiger partial charge in [-0.2, -0.15) is 0 Å². The number of aryl methyl sites for hydroxylation is 1. The average Bonchev–Trinajstić information content (AvgIpc) is 2.54. The summed E-state index contributed by atoms with van der Waals surface area (Å²) in [5, 5.41) is 0. The number of hydrogen-bond acceptors (Lipinski definition) is 7. The van der Waals surface area contributed by atoms with Crippen molar-refractivity contribution in [1.82, 2.24) is 0 Å². The van der Waals surface area contributed by atoms with Gasteiger partial charge in [0.2, 0.25) is 0 Å². The molecule has 0 atom stereocenters. The second-order valence-corrected chi connectivity index (χ2v) is 4.89. The van der Waals surface area contributed by atoms with E-state index in [1.54, 1.807) is 13.8 Å². The molecule has 0 aliphatic carbocycles. The van der Waals surface area contributed by atoms with Crippen molar-refractivity contribution in [2.24, 2.45) is 0 Å². The lowest BCUT2D eigenvalue weighted by atomic mass is 10.2. The zero-order chi connectivity index (χ0) is 17.8. The number of carbonyl (C=O) groups excluding carboxylic acids is 2. The second kappa shape index (κ2) is 11.2. The van der Waals surface area contributed by atoms with Crippen LogP contribution in [0, 0.1) is 6.92 Å². The fourth-order valence-corrected chi connectivity index (χ4v) is 1.99. The summed E-state index contributed by atoms with van der Waals surface area (Å²) in [6, 6.07) is 7.89. The third kappa shape index (κ3) is 7.71. The molecular weight excluding hydrogens is 314 g/mol. The van der Waals surface area contributed by atoms with Crippen molar-refractivity contribution >= 4 is 18.0 Å². The van der Waals surface area contributed by atoms with Crippen molar-refractivity contribution in [3.8, 4) is 0 Å². The molecule has 0 aliphatic rings. The van der Waals surface area contributed by atoms with Crippen LogP contribution >= 0.6 is 0 Å². The summed E-state index contributed by atoms with van der Waals surface area (Å²) in [5.41, 5.74) is 2.06. The normalized spacial score (nSPS) is 9.96. The first kappa shape index (κ1) is 19.6. The molecule has 0 fully saturated rings. The number of hydrogen-bond donors (Lipinski definition) is 0. The second-order valence-electron chi connectivity index (χ2n) is 4.89. The maximum Gasteiger partial charge on any atom is 0.508 e. The molecule has 0 N–H and O–H groups in total. The highest BCUT2D eigenvalue weighted by molar-refractivity contribution is 5.60. The van der Waals surface area contributed by atoms with Gasteiger partial charge in [-0.25, -0.2) is 9.59 Å². The van der Waals surface area contributed by atoms with Gasteiger partial charge in [-0.3, -0.25) is 0 Å². The summed E-state index contributed by atoms with van der Waals surface area (Å²) in [5.74, 6) is 0. The van der Waals surface area contributed by atoms with E-state index in [4.69, 9.17) is 18.9 Å². The van der Waals surface area contributed by atoms with Crippen molar-refractivity contribution in [1.29, 1.82) is 0 Å². The smallest absolute Gasteiger partial charge is 0.435 e. The van der Waals surface area contributed by atoms with E-state index in [0.29, 0.717) is 13.1 Å². The monoisotopic (exact) mass is 339 g/mol. The highest BCUT2D eigenvalue weighted by Crippen LogP contribution is 2.15. The molecule has 7 heteroatoms. The largest absolute Gasteiger partial charge is 0.508 e. The minimum absolute atomic E-state index is 0.173. The molecule has 0 unspecified atom stereocenters. The van der Waals surface area contributed by atoms with Crippen LogP contribution in [0.2, 0.25) is 0 Å². The maximum atomic E-state index is 11.2. The van der Waals surface area contributed by atoms with Crippen molar-refractivity contribution < 1.29 is 28.5 Å². The SMILES string of the molecule is CCOC(=O)OCCN(CCOC(=O)OCC)c1cccc(C)c1. The highest BCUT2D eigenvalue weighted by Gasteiger charge is 2.11. The van der Waals surface area contributed by atoms with Crippen molar-refractivity contribution in [2.75, 3.05) is 44.4 Å². The lowest BCUT2D eigenvalue weighted by molar-refractivity contribution is 0.0583. The molecule has 134 valence electrons. The molecule has 0 amide bonds. The third-order valence-electron chi connectivity index (χ3n) is 3.05. The average molecular weight is 339 g/mol. The quantitative estimate of drug-likeness (QED) is 0.640. The van der Waals surface area contributed by atoms with E-state index < -0.39 is 12.3 Å². The van der Waals surface area contributed by atoms with Gasteiger partial charge in [0.1, 0.15) is 13.2 Å². The highest BCUT2D eigenvalue weighted by atomic mass is 16.7. The molecule has 1 rings (SSSR count). The summed E-state index contributed by atoms with van der Waals surface area (Å²) in [7, 11) is 0. The van der Waals surface area contributed by atoms with E-state index >= 15 is 0 Å². The molecule has 0 spiro atoms. The van der Waals surface area contributed by atoms with Gasteiger partial charge in [-0.1, -0.05) is 12.1 Å². The molecule has 1 aromatic rings. The Hall–Kier alpha value is -2.44. The van der Waals surface area contributed by atoms with E-state index in [1.165, 1.54) is 0 Å². The lowest BCUT2D eigenvalue weighted by Gasteiger charge is -2.24. The van der Waals surface area contributed by atoms with Crippen LogP contribution in [0.5, 0.6) is 0 Å². The predicted octanol–water partition coefficient (Wildman–Crippen LogP) is 3.15. The van der Waals surface area contributed by atoms with Gasteiger partial charge in [-0.15, -0.1) is 0 Å². The van der Waals surface area contributed by atoms with Gasteiger partial charge in [-0.05, 0) is 38.5 Å². The van der Waals surface area contributed by atoms with E-state index in [0.717, 1.165) is 11.3 Å². The summed E-state index contributed by atoms with van der Waals surface area (Å²) in [4.78, 5) is 24.4. The topological polar surface area (TPSA) is 74.3 Å². The van der Waals surface area contributed by atoms with Gasteiger partial charge in [0.25, 0.3) is 0 Å². The number of rotatable bonds is 9. The van der Waals surface area contributed by atoms with E-state index in [9.17, 15) is 9.59 Å². The number of benzene rings is 1. The van der Waals surface area contributed by atoms with Gasteiger partial charge in [0.05, 0.1) is 26.3 Å². The molecule has 0 saturated heterocycles. The van der Waals surface area contributed by atoms with Crippen molar-refractivity contribution in [3.63, 3.8) is 0 Å².